The lowest BCUT2D eigenvalue weighted by molar-refractivity contribution is 0.0950. The van der Waals surface area contributed by atoms with Crippen LogP contribution in [0.15, 0.2) is 30.6 Å². The van der Waals surface area contributed by atoms with Crippen molar-refractivity contribution in [2.45, 2.75) is 13.5 Å². The Morgan fingerprint density at radius 3 is 2.84 bits per heavy atom. The Hall–Kier alpha value is -2.01. The van der Waals surface area contributed by atoms with E-state index in [0.29, 0.717) is 6.54 Å². The van der Waals surface area contributed by atoms with E-state index < -0.39 is 11.7 Å². The van der Waals surface area contributed by atoms with Crippen molar-refractivity contribution < 1.29 is 9.18 Å². The highest BCUT2D eigenvalue weighted by Crippen LogP contribution is 2.13. The lowest BCUT2D eigenvalue weighted by Crippen LogP contribution is -2.23. The normalized spacial score (nSPS) is 10.3. The largest absolute Gasteiger partial charge is 0.348 e. The summed E-state index contributed by atoms with van der Waals surface area (Å²) in [6, 6.07) is 4.75. The molecule has 2 heterocycles. The first-order valence-electron chi connectivity index (χ1n) is 5.57. The fourth-order valence-electron chi connectivity index (χ4n) is 1.46. The van der Waals surface area contributed by atoms with Gasteiger partial charge in [-0.05, 0) is 24.6 Å². The smallest absolute Gasteiger partial charge is 0.254 e. The van der Waals surface area contributed by atoms with Crippen LogP contribution < -0.4 is 5.32 Å². The molecule has 0 radical (unpaired) electrons. The minimum Gasteiger partial charge on any atom is -0.348 e. The van der Waals surface area contributed by atoms with Crippen molar-refractivity contribution in [3.63, 3.8) is 0 Å². The number of amides is 1. The van der Waals surface area contributed by atoms with E-state index in [2.05, 4.69) is 15.3 Å². The average molecular weight is 280 g/mol. The van der Waals surface area contributed by atoms with E-state index in [4.69, 9.17) is 11.6 Å². The zero-order valence-electron chi connectivity index (χ0n) is 10.2. The number of rotatable bonds is 3. The van der Waals surface area contributed by atoms with Gasteiger partial charge in [0.25, 0.3) is 5.91 Å². The Balaban J connectivity index is 2.05. The highest BCUT2D eigenvalue weighted by molar-refractivity contribution is 6.32. The fraction of sp³-hybridized carbons (Fsp3) is 0.154. The SMILES string of the molecule is Cc1ccc(CNC(=O)c2cc(F)cnc2Cl)cn1. The molecule has 1 amide bonds. The molecule has 0 atom stereocenters. The number of aromatic nitrogens is 2. The maximum atomic E-state index is 13.0. The van der Waals surface area contributed by atoms with Gasteiger partial charge in [0, 0.05) is 18.4 Å². The van der Waals surface area contributed by atoms with Crippen LogP contribution in [0.25, 0.3) is 0 Å². The Bertz CT molecular complexity index is 601. The van der Waals surface area contributed by atoms with Gasteiger partial charge in [-0.25, -0.2) is 9.37 Å². The van der Waals surface area contributed by atoms with Gasteiger partial charge in [-0.2, -0.15) is 0 Å². The standard InChI is InChI=1S/C13H11ClFN3O/c1-8-2-3-9(5-16-8)6-18-13(19)11-4-10(15)7-17-12(11)14/h2-5,7H,6H2,1H3,(H,18,19). The summed E-state index contributed by atoms with van der Waals surface area (Å²) in [4.78, 5) is 19.5. The van der Waals surface area contributed by atoms with E-state index in [1.165, 1.54) is 0 Å². The molecule has 4 nitrogen and oxygen atoms in total. The summed E-state index contributed by atoms with van der Waals surface area (Å²) in [6.45, 7) is 2.17. The van der Waals surface area contributed by atoms with Crippen molar-refractivity contribution >= 4 is 17.5 Å². The molecule has 0 aliphatic carbocycles. The second-order valence-corrected chi connectivity index (χ2v) is 4.34. The van der Waals surface area contributed by atoms with Gasteiger partial charge in [-0.3, -0.25) is 9.78 Å². The van der Waals surface area contributed by atoms with Gasteiger partial charge in [-0.15, -0.1) is 0 Å². The summed E-state index contributed by atoms with van der Waals surface area (Å²) in [6.07, 6.45) is 2.63. The summed E-state index contributed by atoms with van der Waals surface area (Å²) in [5.74, 6) is -1.08. The van der Waals surface area contributed by atoms with Crippen LogP contribution in [0.5, 0.6) is 0 Å². The number of hydrogen-bond acceptors (Lipinski definition) is 3. The Kier molecular flexibility index (Phi) is 4.06. The van der Waals surface area contributed by atoms with Crippen LogP contribution in [0, 0.1) is 12.7 Å². The van der Waals surface area contributed by atoms with E-state index in [9.17, 15) is 9.18 Å². The maximum Gasteiger partial charge on any atom is 0.254 e. The van der Waals surface area contributed by atoms with Crippen LogP contribution in [0.3, 0.4) is 0 Å². The van der Waals surface area contributed by atoms with Gasteiger partial charge in [0.05, 0.1) is 11.8 Å². The Morgan fingerprint density at radius 1 is 1.37 bits per heavy atom. The maximum absolute atomic E-state index is 13.0. The number of hydrogen-bond donors (Lipinski definition) is 1. The molecule has 0 spiro atoms. The number of halogens is 2. The third-order valence-corrected chi connectivity index (χ3v) is 2.78. The van der Waals surface area contributed by atoms with Crippen molar-refractivity contribution in [3.8, 4) is 0 Å². The molecule has 0 aromatic carbocycles. The second kappa shape index (κ2) is 5.75. The first-order valence-corrected chi connectivity index (χ1v) is 5.95. The number of carbonyl (C=O) groups is 1. The monoisotopic (exact) mass is 279 g/mol. The Labute approximate surface area is 114 Å². The van der Waals surface area contributed by atoms with Gasteiger partial charge >= 0.3 is 0 Å². The molecule has 0 saturated carbocycles. The summed E-state index contributed by atoms with van der Waals surface area (Å²) < 4.78 is 13.0. The number of pyridine rings is 2. The summed E-state index contributed by atoms with van der Waals surface area (Å²) in [5.41, 5.74) is 1.76. The minimum absolute atomic E-state index is 0.0155. The number of aryl methyl sites for hydroxylation is 1. The van der Waals surface area contributed by atoms with Gasteiger partial charge in [0.15, 0.2) is 0 Å². The molecule has 98 valence electrons. The third kappa shape index (κ3) is 3.48. The van der Waals surface area contributed by atoms with Crippen molar-refractivity contribution in [2.75, 3.05) is 0 Å². The number of nitrogens with zero attached hydrogens (tertiary/aromatic N) is 2. The van der Waals surface area contributed by atoms with E-state index in [-0.39, 0.29) is 10.7 Å². The first-order chi connectivity index (χ1) is 9.06. The Morgan fingerprint density at radius 2 is 2.16 bits per heavy atom. The molecule has 1 N–H and O–H groups in total. The summed E-state index contributed by atoms with van der Waals surface area (Å²) >= 11 is 5.74. The summed E-state index contributed by atoms with van der Waals surface area (Å²) in [5, 5.41) is 2.61. The zero-order chi connectivity index (χ0) is 13.8. The molecule has 19 heavy (non-hydrogen) atoms. The molecule has 0 bridgehead atoms. The third-order valence-electron chi connectivity index (χ3n) is 2.48. The van der Waals surface area contributed by atoms with Gasteiger partial charge in [0.1, 0.15) is 11.0 Å². The molecule has 0 fully saturated rings. The van der Waals surface area contributed by atoms with Crippen LogP contribution in [0.1, 0.15) is 21.6 Å². The fourth-order valence-corrected chi connectivity index (χ4v) is 1.65. The molecule has 0 saturated heterocycles. The lowest BCUT2D eigenvalue weighted by Gasteiger charge is -2.06. The molecular weight excluding hydrogens is 269 g/mol. The van der Waals surface area contributed by atoms with Crippen LogP contribution in [0.2, 0.25) is 5.15 Å². The second-order valence-electron chi connectivity index (χ2n) is 3.98. The van der Waals surface area contributed by atoms with Crippen LogP contribution in [0.4, 0.5) is 4.39 Å². The number of carbonyl (C=O) groups excluding carboxylic acids is 1. The van der Waals surface area contributed by atoms with Crippen LogP contribution in [-0.2, 0) is 6.54 Å². The zero-order valence-corrected chi connectivity index (χ0v) is 10.9. The van der Waals surface area contributed by atoms with E-state index in [1.54, 1.807) is 6.20 Å². The topological polar surface area (TPSA) is 54.9 Å². The van der Waals surface area contributed by atoms with Crippen molar-refractivity contribution in [1.82, 2.24) is 15.3 Å². The van der Waals surface area contributed by atoms with E-state index in [0.717, 1.165) is 23.5 Å². The predicted octanol–water partition coefficient (Wildman–Crippen LogP) is 2.51. The molecule has 2 aromatic heterocycles. The minimum atomic E-state index is -0.605. The molecule has 0 aliphatic rings. The molecule has 2 aromatic rings. The molecule has 0 aliphatic heterocycles. The molecule has 2 rings (SSSR count). The number of nitrogens with one attached hydrogen (secondary N) is 1. The predicted molar refractivity (Wildman–Crippen MR) is 69.3 cm³/mol. The van der Waals surface area contributed by atoms with E-state index in [1.807, 2.05) is 19.1 Å². The highest BCUT2D eigenvalue weighted by atomic mass is 35.5. The van der Waals surface area contributed by atoms with Crippen molar-refractivity contribution in [3.05, 3.63) is 58.4 Å². The summed E-state index contributed by atoms with van der Waals surface area (Å²) in [7, 11) is 0. The van der Waals surface area contributed by atoms with Crippen LogP contribution >= 0.6 is 11.6 Å². The molecule has 0 unspecified atom stereocenters. The van der Waals surface area contributed by atoms with Crippen molar-refractivity contribution in [2.24, 2.45) is 0 Å². The quantitative estimate of drug-likeness (QED) is 0.879. The highest BCUT2D eigenvalue weighted by Gasteiger charge is 2.12. The van der Waals surface area contributed by atoms with Crippen molar-refractivity contribution in [1.29, 1.82) is 0 Å². The van der Waals surface area contributed by atoms with Crippen LogP contribution in [-0.4, -0.2) is 15.9 Å². The first kappa shape index (κ1) is 13.4. The molecular formula is C13H11ClFN3O. The van der Waals surface area contributed by atoms with Gasteiger partial charge in [0.2, 0.25) is 0 Å². The van der Waals surface area contributed by atoms with E-state index >= 15 is 0 Å². The van der Waals surface area contributed by atoms with Gasteiger partial charge < -0.3 is 5.32 Å². The lowest BCUT2D eigenvalue weighted by atomic mass is 10.2. The van der Waals surface area contributed by atoms with Gasteiger partial charge in [-0.1, -0.05) is 17.7 Å². The average Bonchev–Trinajstić information content (AvgIpc) is 2.40. The molecule has 6 heteroatoms.